The van der Waals surface area contributed by atoms with Gasteiger partial charge in [0, 0.05) is 10.4 Å². The summed E-state index contributed by atoms with van der Waals surface area (Å²) in [5, 5.41) is 4.12. The Hall–Kier alpha value is -1.29. The Morgan fingerprint density at radius 3 is 2.61 bits per heavy atom. The van der Waals surface area contributed by atoms with Crippen molar-refractivity contribution in [3.05, 3.63) is 34.4 Å². The number of hydrogen-bond acceptors (Lipinski definition) is 3. The predicted molar refractivity (Wildman–Crippen MR) is 77.4 cm³/mol. The molecule has 96 valence electrons. The molecule has 0 bridgehead atoms. The maximum atomic E-state index is 5.90. The minimum atomic E-state index is 0.356. The fourth-order valence-electron chi connectivity index (χ4n) is 2.13. The molecule has 0 radical (unpaired) electrons. The van der Waals surface area contributed by atoms with E-state index in [1.807, 2.05) is 24.3 Å². The van der Waals surface area contributed by atoms with E-state index in [0.29, 0.717) is 11.8 Å². The van der Waals surface area contributed by atoms with E-state index in [9.17, 15) is 0 Å². The molecule has 0 saturated carbocycles. The van der Waals surface area contributed by atoms with Gasteiger partial charge < -0.3 is 10.3 Å². The van der Waals surface area contributed by atoms with Gasteiger partial charge in [-0.15, -0.1) is 0 Å². The average molecular weight is 309 g/mol. The van der Waals surface area contributed by atoms with E-state index in [1.165, 1.54) is 0 Å². The highest BCUT2D eigenvalue weighted by molar-refractivity contribution is 9.10. The van der Waals surface area contributed by atoms with Gasteiger partial charge in [-0.2, -0.15) is 0 Å². The molecule has 2 N–H and O–H groups in total. The number of nitrogens with zero attached hydrogens (tertiary/aromatic N) is 1. The number of aromatic nitrogens is 1. The quantitative estimate of drug-likeness (QED) is 0.898. The summed E-state index contributed by atoms with van der Waals surface area (Å²) in [4.78, 5) is 0. The molecule has 1 aromatic carbocycles. The van der Waals surface area contributed by atoms with Crippen LogP contribution in [0.1, 0.15) is 38.3 Å². The Morgan fingerprint density at radius 2 is 2.00 bits per heavy atom. The van der Waals surface area contributed by atoms with Crippen molar-refractivity contribution in [2.24, 2.45) is 0 Å². The summed E-state index contributed by atoms with van der Waals surface area (Å²) in [6.45, 7) is 4.32. The molecule has 3 nitrogen and oxygen atoms in total. The molecule has 4 heteroatoms. The second-order valence-corrected chi connectivity index (χ2v) is 5.42. The van der Waals surface area contributed by atoms with Gasteiger partial charge in [-0.3, -0.25) is 0 Å². The minimum absolute atomic E-state index is 0.356. The van der Waals surface area contributed by atoms with Crippen LogP contribution in [-0.2, 0) is 0 Å². The fourth-order valence-corrected chi connectivity index (χ4v) is 2.39. The van der Waals surface area contributed by atoms with E-state index in [4.69, 9.17) is 10.3 Å². The van der Waals surface area contributed by atoms with Crippen molar-refractivity contribution in [2.45, 2.75) is 32.6 Å². The van der Waals surface area contributed by atoms with Crippen molar-refractivity contribution in [3.8, 4) is 11.1 Å². The highest BCUT2D eigenvalue weighted by atomic mass is 79.9. The number of rotatable bonds is 4. The SMILES string of the molecule is CCCC(C)c1noc(N)c1-c1ccc(Br)cc1. The van der Waals surface area contributed by atoms with Crippen LogP contribution in [0, 0.1) is 0 Å². The minimum Gasteiger partial charge on any atom is -0.367 e. The Kier molecular flexibility index (Phi) is 4.07. The first-order chi connectivity index (χ1) is 8.63. The second-order valence-electron chi connectivity index (χ2n) is 4.50. The summed E-state index contributed by atoms with van der Waals surface area (Å²) in [6, 6.07) is 8.04. The van der Waals surface area contributed by atoms with Gasteiger partial charge in [-0.1, -0.05) is 53.5 Å². The molecular formula is C14H17BrN2O. The largest absolute Gasteiger partial charge is 0.367 e. The molecule has 0 saturated heterocycles. The van der Waals surface area contributed by atoms with Crippen molar-refractivity contribution in [2.75, 3.05) is 5.73 Å². The van der Waals surface area contributed by atoms with E-state index in [-0.39, 0.29) is 0 Å². The zero-order valence-corrected chi connectivity index (χ0v) is 12.2. The highest BCUT2D eigenvalue weighted by Crippen LogP contribution is 2.35. The summed E-state index contributed by atoms with van der Waals surface area (Å²) < 4.78 is 6.21. The number of nitrogens with two attached hydrogens (primary N) is 1. The Labute approximate surface area is 115 Å². The molecule has 1 unspecified atom stereocenters. The molecule has 1 atom stereocenters. The molecule has 0 spiro atoms. The first kappa shape index (κ1) is 13.1. The summed E-state index contributed by atoms with van der Waals surface area (Å²) >= 11 is 3.43. The number of nitrogen functional groups attached to an aromatic ring is 1. The Balaban J connectivity index is 2.43. The van der Waals surface area contributed by atoms with Crippen molar-refractivity contribution in [3.63, 3.8) is 0 Å². The van der Waals surface area contributed by atoms with Crippen molar-refractivity contribution in [1.29, 1.82) is 0 Å². The van der Waals surface area contributed by atoms with Gasteiger partial charge in [0.15, 0.2) is 0 Å². The van der Waals surface area contributed by atoms with Crippen LogP contribution < -0.4 is 5.73 Å². The number of hydrogen-bond donors (Lipinski definition) is 1. The van der Waals surface area contributed by atoms with E-state index in [2.05, 4.69) is 34.9 Å². The Morgan fingerprint density at radius 1 is 1.33 bits per heavy atom. The summed E-state index contributed by atoms with van der Waals surface area (Å²) in [5.41, 5.74) is 8.84. The lowest BCUT2D eigenvalue weighted by Crippen LogP contribution is -1.96. The molecule has 18 heavy (non-hydrogen) atoms. The van der Waals surface area contributed by atoms with E-state index in [0.717, 1.165) is 34.1 Å². The van der Waals surface area contributed by atoms with Gasteiger partial charge in [0.1, 0.15) is 0 Å². The lowest BCUT2D eigenvalue weighted by molar-refractivity contribution is 0.419. The highest BCUT2D eigenvalue weighted by Gasteiger charge is 2.20. The van der Waals surface area contributed by atoms with Crippen LogP contribution in [0.5, 0.6) is 0 Å². The van der Waals surface area contributed by atoms with Gasteiger partial charge in [-0.25, -0.2) is 0 Å². The van der Waals surface area contributed by atoms with Gasteiger partial charge >= 0.3 is 0 Å². The van der Waals surface area contributed by atoms with Crippen LogP contribution in [0.25, 0.3) is 11.1 Å². The first-order valence-corrected chi connectivity index (χ1v) is 6.93. The van der Waals surface area contributed by atoms with Crippen LogP contribution in [0.2, 0.25) is 0 Å². The predicted octanol–water partition coefficient (Wildman–Crippen LogP) is 4.59. The van der Waals surface area contributed by atoms with Crippen molar-refractivity contribution >= 4 is 21.8 Å². The van der Waals surface area contributed by atoms with Crippen molar-refractivity contribution in [1.82, 2.24) is 5.16 Å². The Bertz CT molecular complexity index is 519. The third-order valence-corrected chi connectivity index (χ3v) is 3.59. The smallest absolute Gasteiger partial charge is 0.230 e. The van der Waals surface area contributed by atoms with Crippen LogP contribution in [0.4, 0.5) is 5.88 Å². The number of benzene rings is 1. The van der Waals surface area contributed by atoms with Crippen molar-refractivity contribution < 1.29 is 4.52 Å². The van der Waals surface area contributed by atoms with E-state index < -0.39 is 0 Å². The molecule has 0 fully saturated rings. The first-order valence-electron chi connectivity index (χ1n) is 6.14. The molecule has 0 aliphatic rings. The topological polar surface area (TPSA) is 52.0 Å². The number of halogens is 1. The van der Waals surface area contributed by atoms with Crippen LogP contribution in [0.3, 0.4) is 0 Å². The second kappa shape index (κ2) is 5.57. The maximum Gasteiger partial charge on any atom is 0.230 e. The number of anilines is 1. The molecule has 0 aliphatic heterocycles. The van der Waals surface area contributed by atoms with Gasteiger partial charge in [0.05, 0.1) is 11.3 Å². The normalized spacial score (nSPS) is 12.6. The standard InChI is InChI=1S/C14H17BrN2O/c1-3-4-9(2)13-12(14(16)18-17-13)10-5-7-11(15)8-6-10/h5-9H,3-4,16H2,1-2H3. The molecule has 1 heterocycles. The lowest BCUT2D eigenvalue weighted by Gasteiger charge is -2.09. The molecule has 2 rings (SSSR count). The molecule has 0 aliphatic carbocycles. The zero-order chi connectivity index (χ0) is 13.1. The van der Waals surface area contributed by atoms with Gasteiger partial charge in [0.25, 0.3) is 0 Å². The third kappa shape index (κ3) is 2.58. The summed E-state index contributed by atoms with van der Waals surface area (Å²) in [5.74, 6) is 0.755. The fraction of sp³-hybridized carbons (Fsp3) is 0.357. The lowest BCUT2D eigenvalue weighted by atomic mass is 9.95. The molecular weight excluding hydrogens is 292 g/mol. The van der Waals surface area contributed by atoms with Gasteiger partial charge in [-0.05, 0) is 24.1 Å². The van der Waals surface area contributed by atoms with E-state index >= 15 is 0 Å². The summed E-state index contributed by atoms with van der Waals surface area (Å²) in [6.07, 6.45) is 2.20. The molecule has 2 aromatic rings. The summed E-state index contributed by atoms with van der Waals surface area (Å²) in [7, 11) is 0. The monoisotopic (exact) mass is 308 g/mol. The van der Waals surface area contributed by atoms with Crippen LogP contribution >= 0.6 is 15.9 Å². The maximum absolute atomic E-state index is 5.90. The van der Waals surface area contributed by atoms with Crippen LogP contribution in [0.15, 0.2) is 33.3 Å². The average Bonchev–Trinajstić information content (AvgIpc) is 2.73. The van der Waals surface area contributed by atoms with Crippen LogP contribution in [-0.4, -0.2) is 5.16 Å². The molecule has 1 aromatic heterocycles. The van der Waals surface area contributed by atoms with Gasteiger partial charge in [0.2, 0.25) is 5.88 Å². The third-order valence-electron chi connectivity index (χ3n) is 3.07. The van der Waals surface area contributed by atoms with E-state index in [1.54, 1.807) is 0 Å². The zero-order valence-electron chi connectivity index (χ0n) is 10.6. The molecule has 0 amide bonds.